The molecule has 19 heavy (non-hydrogen) atoms. The molecule has 3 unspecified atom stereocenters. The van der Waals surface area contributed by atoms with Gasteiger partial charge in [0.25, 0.3) is 0 Å². The van der Waals surface area contributed by atoms with Gasteiger partial charge in [-0.15, -0.1) is 0 Å². The summed E-state index contributed by atoms with van der Waals surface area (Å²) in [6.45, 7) is 2.59. The van der Waals surface area contributed by atoms with Crippen molar-refractivity contribution in [2.75, 3.05) is 6.61 Å². The molecule has 2 bridgehead atoms. The molecular weight excluding hydrogens is 304 g/mol. The van der Waals surface area contributed by atoms with Gasteiger partial charge in [0.15, 0.2) is 0 Å². The summed E-state index contributed by atoms with van der Waals surface area (Å²) in [6, 6.07) is 5.85. The van der Waals surface area contributed by atoms with E-state index in [4.69, 9.17) is 4.74 Å². The molecule has 3 rings (SSSR count). The Bertz CT molecular complexity index is 458. The predicted octanol–water partition coefficient (Wildman–Crippen LogP) is 4.32. The van der Waals surface area contributed by atoms with Crippen molar-refractivity contribution in [2.24, 2.45) is 17.8 Å². The molecule has 2 fully saturated rings. The summed E-state index contributed by atoms with van der Waals surface area (Å²) in [5.41, 5.74) is 0.881. The summed E-state index contributed by atoms with van der Waals surface area (Å²) in [6.07, 6.45) is 5.08. The van der Waals surface area contributed by atoms with Crippen molar-refractivity contribution in [3.05, 3.63) is 28.2 Å². The number of halogens is 1. The zero-order chi connectivity index (χ0) is 13.4. The van der Waals surface area contributed by atoms with Crippen LogP contribution in [0.1, 0.15) is 44.3 Å². The van der Waals surface area contributed by atoms with Crippen molar-refractivity contribution in [1.82, 2.24) is 0 Å². The smallest absolute Gasteiger partial charge is 0.126 e. The Morgan fingerprint density at radius 2 is 2.21 bits per heavy atom. The lowest BCUT2D eigenvalue weighted by atomic mass is 9.89. The summed E-state index contributed by atoms with van der Waals surface area (Å²) < 4.78 is 7.03. The van der Waals surface area contributed by atoms with Crippen LogP contribution in [0.25, 0.3) is 0 Å². The highest BCUT2D eigenvalue weighted by Crippen LogP contribution is 2.48. The lowest BCUT2D eigenvalue weighted by Gasteiger charge is -2.23. The molecule has 4 atom stereocenters. The maximum absolute atomic E-state index is 9.80. The van der Waals surface area contributed by atoms with E-state index in [1.54, 1.807) is 6.92 Å². The van der Waals surface area contributed by atoms with Gasteiger partial charge in [0, 0.05) is 10.0 Å². The lowest BCUT2D eigenvalue weighted by Crippen LogP contribution is -2.19. The van der Waals surface area contributed by atoms with E-state index in [0.717, 1.165) is 40.1 Å². The van der Waals surface area contributed by atoms with E-state index in [0.29, 0.717) is 0 Å². The lowest BCUT2D eigenvalue weighted by molar-refractivity contribution is 0.172. The zero-order valence-corrected chi connectivity index (χ0v) is 12.9. The van der Waals surface area contributed by atoms with Crippen molar-refractivity contribution >= 4 is 15.9 Å². The van der Waals surface area contributed by atoms with E-state index in [9.17, 15) is 5.11 Å². The number of aliphatic hydroxyl groups is 1. The molecule has 2 aliphatic carbocycles. The summed E-state index contributed by atoms with van der Waals surface area (Å²) in [5, 5.41) is 9.80. The molecule has 1 aromatic carbocycles. The van der Waals surface area contributed by atoms with Gasteiger partial charge in [0.1, 0.15) is 5.75 Å². The van der Waals surface area contributed by atoms with Crippen molar-refractivity contribution in [3.8, 4) is 5.75 Å². The van der Waals surface area contributed by atoms with Crippen LogP contribution in [0.3, 0.4) is 0 Å². The molecule has 2 aliphatic rings. The fourth-order valence-corrected chi connectivity index (χ4v) is 4.10. The van der Waals surface area contributed by atoms with E-state index in [-0.39, 0.29) is 0 Å². The summed E-state index contributed by atoms with van der Waals surface area (Å²) in [4.78, 5) is 0. The molecule has 3 heteroatoms. The van der Waals surface area contributed by atoms with Crippen LogP contribution in [0, 0.1) is 17.8 Å². The molecule has 0 radical (unpaired) electrons. The quantitative estimate of drug-likeness (QED) is 0.893. The normalized spacial score (nSPS) is 30.6. The molecule has 0 aliphatic heterocycles. The van der Waals surface area contributed by atoms with Crippen LogP contribution >= 0.6 is 15.9 Å². The largest absolute Gasteiger partial charge is 0.493 e. The second kappa shape index (κ2) is 5.45. The summed E-state index contributed by atoms with van der Waals surface area (Å²) >= 11 is 3.47. The number of aliphatic hydroxyl groups excluding tert-OH is 1. The third kappa shape index (κ3) is 2.82. The van der Waals surface area contributed by atoms with Crippen LogP contribution in [-0.4, -0.2) is 11.7 Å². The van der Waals surface area contributed by atoms with E-state index < -0.39 is 6.10 Å². The molecule has 104 valence electrons. The zero-order valence-electron chi connectivity index (χ0n) is 11.3. The Balaban J connectivity index is 1.67. The minimum absolute atomic E-state index is 0.483. The average Bonchev–Trinajstić information content (AvgIpc) is 2.98. The fourth-order valence-electron chi connectivity index (χ4n) is 3.76. The van der Waals surface area contributed by atoms with E-state index in [1.807, 2.05) is 18.2 Å². The molecule has 0 spiro atoms. The van der Waals surface area contributed by atoms with Gasteiger partial charge in [-0.2, -0.15) is 0 Å². The van der Waals surface area contributed by atoms with Crippen LogP contribution in [0.15, 0.2) is 22.7 Å². The topological polar surface area (TPSA) is 29.5 Å². The Labute approximate surface area is 123 Å². The van der Waals surface area contributed by atoms with Crippen LogP contribution in [0.5, 0.6) is 5.75 Å². The molecule has 2 nitrogen and oxygen atoms in total. The first kappa shape index (κ1) is 13.4. The van der Waals surface area contributed by atoms with Crippen LogP contribution in [-0.2, 0) is 0 Å². The van der Waals surface area contributed by atoms with Gasteiger partial charge in [-0.05, 0) is 56.1 Å². The van der Waals surface area contributed by atoms with E-state index >= 15 is 0 Å². The van der Waals surface area contributed by atoms with Crippen LogP contribution in [0.4, 0.5) is 0 Å². The molecular formula is C16H21BrO2. The minimum atomic E-state index is -0.483. The highest BCUT2D eigenvalue weighted by molar-refractivity contribution is 9.10. The highest BCUT2D eigenvalue weighted by atomic mass is 79.9. The highest BCUT2D eigenvalue weighted by Gasteiger charge is 2.39. The van der Waals surface area contributed by atoms with Crippen LogP contribution < -0.4 is 4.74 Å². The monoisotopic (exact) mass is 324 g/mol. The SMILES string of the molecule is C[C@@H](O)c1ccc(Br)cc1OCC1CC2CCC1C2. The van der Waals surface area contributed by atoms with Crippen molar-refractivity contribution < 1.29 is 9.84 Å². The van der Waals surface area contributed by atoms with Crippen molar-refractivity contribution in [2.45, 2.75) is 38.7 Å². The molecule has 0 saturated heterocycles. The Morgan fingerprint density at radius 1 is 1.37 bits per heavy atom. The molecule has 1 N–H and O–H groups in total. The number of benzene rings is 1. The second-order valence-electron chi connectivity index (χ2n) is 6.10. The Hall–Kier alpha value is -0.540. The average molecular weight is 325 g/mol. The van der Waals surface area contributed by atoms with E-state index in [1.165, 1.54) is 25.7 Å². The van der Waals surface area contributed by atoms with E-state index in [2.05, 4.69) is 15.9 Å². The molecule has 1 aromatic rings. The maximum Gasteiger partial charge on any atom is 0.126 e. The third-order valence-electron chi connectivity index (χ3n) is 4.76. The summed E-state index contributed by atoms with van der Waals surface area (Å²) in [5.74, 6) is 3.39. The van der Waals surface area contributed by atoms with Crippen LogP contribution in [0.2, 0.25) is 0 Å². The van der Waals surface area contributed by atoms with Gasteiger partial charge in [-0.25, -0.2) is 0 Å². The first-order valence-corrected chi connectivity index (χ1v) is 8.03. The van der Waals surface area contributed by atoms with Gasteiger partial charge >= 0.3 is 0 Å². The number of fused-ring (bicyclic) bond motifs is 2. The fraction of sp³-hybridized carbons (Fsp3) is 0.625. The summed E-state index contributed by atoms with van der Waals surface area (Å²) in [7, 11) is 0. The first-order valence-electron chi connectivity index (χ1n) is 7.24. The number of hydrogen-bond acceptors (Lipinski definition) is 2. The Morgan fingerprint density at radius 3 is 2.84 bits per heavy atom. The maximum atomic E-state index is 9.80. The molecule has 2 saturated carbocycles. The van der Waals surface area contributed by atoms with Crippen molar-refractivity contribution in [3.63, 3.8) is 0 Å². The van der Waals surface area contributed by atoms with Gasteiger partial charge in [0.05, 0.1) is 12.7 Å². The van der Waals surface area contributed by atoms with Gasteiger partial charge in [-0.1, -0.05) is 28.4 Å². The third-order valence-corrected chi connectivity index (χ3v) is 5.26. The first-order chi connectivity index (χ1) is 9.13. The van der Waals surface area contributed by atoms with Gasteiger partial charge < -0.3 is 9.84 Å². The number of ether oxygens (including phenoxy) is 1. The Kier molecular flexibility index (Phi) is 3.86. The molecule has 0 aromatic heterocycles. The number of hydrogen-bond donors (Lipinski definition) is 1. The van der Waals surface area contributed by atoms with Crippen molar-refractivity contribution in [1.29, 1.82) is 0 Å². The molecule has 0 amide bonds. The number of rotatable bonds is 4. The molecule has 0 heterocycles. The minimum Gasteiger partial charge on any atom is -0.493 e. The van der Waals surface area contributed by atoms with Gasteiger partial charge in [-0.3, -0.25) is 0 Å². The standard InChI is InChI=1S/C16H21BrO2/c1-10(18)15-5-4-14(17)8-16(15)19-9-13-7-11-2-3-12(13)6-11/h4-5,8,10-13,18H,2-3,6-7,9H2,1H3/t10-,11?,12?,13?/m1/s1. The predicted molar refractivity (Wildman–Crippen MR) is 79.2 cm³/mol. The second-order valence-corrected chi connectivity index (χ2v) is 7.02. The van der Waals surface area contributed by atoms with Gasteiger partial charge in [0.2, 0.25) is 0 Å².